The number of nitrogens with one attached hydrogen (secondary N) is 2. The third kappa shape index (κ3) is 9.94. The van der Waals surface area contributed by atoms with Crippen LogP contribution in [0.2, 0.25) is 0 Å². The van der Waals surface area contributed by atoms with Crippen molar-refractivity contribution in [2.45, 2.75) is 13.2 Å². The smallest absolute Gasteiger partial charge is 0.387 e. The fourth-order valence-electron chi connectivity index (χ4n) is 1.99. The van der Waals surface area contributed by atoms with Crippen LogP contribution in [-0.4, -0.2) is 66.9 Å². The molecular weight excluding hydrogens is 384 g/mol. The number of hydrogen-bond donors (Lipinski definition) is 2. The van der Waals surface area contributed by atoms with Crippen LogP contribution in [0, 0.1) is 0 Å². The van der Waals surface area contributed by atoms with Gasteiger partial charge in [0.25, 0.3) is 0 Å². The largest absolute Gasteiger partial charge is 0.497 e. The second-order valence-electron chi connectivity index (χ2n) is 5.45. The number of nitrogens with zero attached hydrogens (tertiary/aromatic N) is 1. The van der Waals surface area contributed by atoms with Gasteiger partial charge in [0.05, 0.1) is 26.1 Å². The third-order valence-corrected chi connectivity index (χ3v) is 4.20. The molecule has 27 heavy (non-hydrogen) atoms. The first kappa shape index (κ1) is 22.9. The Balaban J connectivity index is 2.49. The minimum atomic E-state index is -3.05. The van der Waals surface area contributed by atoms with E-state index in [2.05, 4.69) is 20.4 Å². The molecule has 0 aromatic heterocycles. The molecule has 0 bridgehead atoms. The minimum absolute atomic E-state index is 0.0390. The SMILES string of the molecule is CN=C(NCCOCCS(C)(=O)=O)NCc1cc(OC)ccc1OC(F)F. The first-order chi connectivity index (χ1) is 12.7. The molecule has 0 amide bonds. The summed E-state index contributed by atoms with van der Waals surface area (Å²) in [6.07, 6.45) is 1.14. The molecule has 0 saturated heterocycles. The quantitative estimate of drug-likeness (QED) is 0.320. The first-order valence-electron chi connectivity index (χ1n) is 8.07. The minimum Gasteiger partial charge on any atom is -0.497 e. The van der Waals surface area contributed by atoms with Crippen LogP contribution < -0.4 is 20.1 Å². The van der Waals surface area contributed by atoms with Crippen LogP contribution in [0.15, 0.2) is 23.2 Å². The van der Waals surface area contributed by atoms with Gasteiger partial charge in [-0.15, -0.1) is 0 Å². The van der Waals surface area contributed by atoms with Crippen LogP contribution in [0.4, 0.5) is 8.78 Å². The van der Waals surface area contributed by atoms with E-state index < -0.39 is 16.4 Å². The summed E-state index contributed by atoms with van der Waals surface area (Å²) in [5.41, 5.74) is 0.474. The number of methoxy groups -OCH3 is 1. The standard InChI is InChI=1S/C16H25F2N3O5S/c1-19-16(20-6-7-25-8-9-27(3,22)23)21-11-12-10-13(24-2)4-5-14(12)26-15(17)18/h4-5,10,15H,6-9,11H2,1-3H3,(H2,19,20,21). The van der Waals surface area contributed by atoms with Gasteiger partial charge in [-0.05, 0) is 18.2 Å². The number of benzene rings is 1. The molecule has 0 aliphatic carbocycles. The maximum absolute atomic E-state index is 12.5. The molecule has 0 saturated carbocycles. The van der Waals surface area contributed by atoms with Crippen LogP contribution in [0.1, 0.15) is 5.56 Å². The summed E-state index contributed by atoms with van der Waals surface area (Å²) in [5, 5.41) is 5.94. The van der Waals surface area contributed by atoms with Crippen LogP contribution >= 0.6 is 0 Å². The Morgan fingerprint density at radius 1 is 1.26 bits per heavy atom. The summed E-state index contributed by atoms with van der Waals surface area (Å²) in [4.78, 5) is 4.02. The molecule has 11 heteroatoms. The molecule has 1 rings (SSSR count). The fourth-order valence-corrected chi connectivity index (χ4v) is 2.41. The molecule has 0 aliphatic heterocycles. The average Bonchev–Trinajstić information content (AvgIpc) is 2.60. The topological polar surface area (TPSA) is 98.3 Å². The molecule has 0 heterocycles. The molecule has 0 radical (unpaired) electrons. The van der Waals surface area contributed by atoms with E-state index in [4.69, 9.17) is 9.47 Å². The molecule has 1 aromatic carbocycles. The van der Waals surface area contributed by atoms with Crippen molar-refractivity contribution >= 4 is 15.8 Å². The maximum Gasteiger partial charge on any atom is 0.387 e. The van der Waals surface area contributed by atoms with Gasteiger partial charge in [0, 0.05) is 32.0 Å². The number of rotatable bonds is 11. The molecular formula is C16H25F2N3O5S. The van der Waals surface area contributed by atoms with Crippen molar-refractivity contribution in [2.24, 2.45) is 4.99 Å². The number of aliphatic imine (C=N–C) groups is 1. The highest BCUT2D eigenvalue weighted by Crippen LogP contribution is 2.25. The number of ether oxygens (including phenoxy) is 3. The number of sulfone groups is 1. The van der Waals surface area contributed by atoms with Crippen LogP contribution in [0.25, 0.3) is 0 Å². The predicted octanol–water partition coefficient (Wildman–Crippen LogP) is 1.02. The Labute approximate surface area is 157 Å². The second kappa shape index (κ2) is 11.5. The molecule has 0 aliphatic rings. The van der Waals surface area contributed by atoms with E-state index in [9.17, 15) is 17.2 Å². The summed E-state index contributed by atoms with van der Waals surface area (Å²) < 4.78 is 61.9. The molecule has 0 spiro atoms. The summed E-state index contributed by atoms with van der Waals surface area (Å²) in [6.45, 7) is -1.96. The van der Waals surface area contributed by atoms with Crippen molar-refractivity contribution in [2.75, 3.05) is 45.9 Å². The molecule has 154 valence electrons. The van der Waals surface area contributed by atoms with Crippen molar-refractivity contribution in [3.05, 3.63) is 23.8 Å². The Hall–Kier alpha value is -2.14. The van der Waals surface area contributed by atoms with E-state index in [1.54, 1.807) is 13.1 Å². The van der Waals surface area contributed by atoms with Gasteiger partial charge in [-0.2, -0.15) is 8.78 Å². The van der Waals surface area contributed by atoms with Gasteiger partial charge in [0.1, 0.15) is 21.3 Å². The lowest BCUT2D eigenvalue weighted by Crippen LogP contribution is -2.38. The van der Waals surface area contributed by atoms with Gasteiger partial charge in [0.15, 0.2) is 5.96 Å². The van der Waals surface area contributed by atoms with Gasteiger partial charge in [-0.1, -0.05) is 0 Å². The van der Waals surface area contributed by atoms with E-state index in [0.717, 1.165) is 6.26 Å². The number of hydrogen-bond acceptors (Lipinski definition) is 6. The molecule has 1 aromatic rings. The van der Waals surface area contributed by atoms with Crippen LogP contribution in [0.5, 0.6) is 11.5 Å². The number of halogens is 2. The summed E-state index contributed by atoms with van der Waals surface area (Å²) in [5.74, 6) is 0.934. The highest BCUT2D eigenvalue weighted by Gasteiger charge is 2.11. The van der Waals surface area contributed by atoms with Gasteiger partial charge in [0.2, 0.25) is 0 Å². The van der Waals surface area contributed by atoms with Gasteiger partial charge < -0.3 is 24.8 Å². The fraction of sp³-hybridized carbons (Fsp3) is 0.562. The highest BCUT2D eigenvalue weighted by molar-refractivity contribution is 7.90. The molecule has 0 fully saturated rings. The second-order valence-corrected chi connectivity index (χ2v) is 7.71. The van der Waals surface area contributed by atoms with Crippen molar-refractivity contribution in [1.29, 1.82) is 0 Å². The normalized spacial score (nSPS) is 12.1. The summed E-state index contributed by atoms with van der Waals surface area (Å²) >= 11 is 0. The average molecular weight is 409 g/mol. The Morgan fingerprint density at radius 2 is 2.00 bits per heavy atom. The van der Waals surface area contributed by atoms with Gasteiger partial charge >= 0.3 is 6.61 Å². The molecule has 8 nitrogen and oxygen atoms in total. The monoisotopic (exact) mass is 409 g/mol. The number of alkyl halides is 2. The summed E-state index contributed by atoms with van der Waals surface area (Å²) in [7, 11) is -0.0129. The zero-order valence-electron chi connectivity index (χ0n) is 15.5. The maximum atomic E-state index is 12.5. The lowest BCUT2D eigenvalue weighted by Gasteiger charge is -2.15. The van der Waals surface area contributed by atoms with Crippen molar-refractivity contribution in [3.8, 4) is 11.5 Å². The lowest BCUT2D eigenvalue weighted by molar-refractivity contribution is -0.0505. The van der Waals surface area contributed by atoms with Crippen molar-refractivity contribution < 1.29 is 31.4 Å². The zero-order chi connectivity index (χ0) is 20.3. The third-order valence-electron chi connectivity index (χ3n) is 3.29. The van der Waals surface area contributed by atoms with Crippen LogP contribution in [-0.2, 0) is 21.1 Å². The number of guanidine groups is 1. The predicted molar refractivity (Wildman–Crippen MR) is 98.4 cm³/mol. The van der Waals surface area contributed by atoms with E-state index in [1.807, 2.05) is 0 Å². The van der Waals surface area contributed by atoms with Crippen LogP contribution in [0.3, 0.4) is 0 Å². The van der Waals surface area contributed by atoms with Gasteiger partial charge in [-0.25, -0.2) is 8.42 Å². The molecule has 2 N–H and O–H groups in total. The highest BCUT2D eigenvalue weighted by atomic mass is 32.2. The zero-order valence-corrected chi connectivity index (χ0v) is 16.3. The van der Waals surface area contributed by atoms with E-state index in [1.165, 1.54) is 19.2 Å². The van der Waals surface area contributed by atoms with Gasteiger partial charge in [-0.3, -0.25) is 4.99 Å². The Morgan fingerprint density at radius 3 is 2.59 bits per heavy atom. The first-order valence-corrected chi connectivity index (χ1v) is 10.1. The Kier molecular flexibility index (Phi) is 9.79. The van der Waals surface area contributed by atoms with E-state index in [0.29, 0.717) is 23.8 Å². The van der Waals surface area contributed by atoms with E-state index in [-0.39, 0.29) is 31.3 Å². The molecule has 0 unspecified atom stereocenters. The lowest BCUT2D eigenvalue weighted by atomic mass is 10.2. The van der Waals surface area contributed by atoms with Crippen molar-refractivity contribution in [1.82, 2.24) is 10.6 Å². The van der Waals surface area contributed by atoms with E-state index >= 15 is 0 Å². The summed E-state index contributed by atoms with van der Waals surface area (Å²) in [6, 6.07) is 4.53. The van der Waals surface area contributed by atoms with Crippen molar-refractivity contribution in [3.63, 3.8) is 0 Å². The molecule has 0 atom stereocenters. The Bertz CT molecular complexity index is 714.